The fraction of sp³-hybridized carbons (Fsp3) is 0.240. The first-order valence-electron chi connectivity index (χ1n) is 9.96. The SMILES string of the molecule is C.COC(=O)c1cc(OCc2ccccc2)cc(Oc2ccc(C(=O)N3CCC3)nc2)c1. The van der Waals surface area contributed by atoms with E-state index in [1.165, 1.54) is 13.3 Å². The summed E-state index contributed by atoms with van der Waals surface area (Å²) in [5.41, 5.74) is 1.68. The molecule has 166 valence electrons. The van der Waals surface area contributed by atoms with E-state index >= 15 is 0 Å². The first-order chi connectivity index (χ1) is 15.1. The molecular formula is C25H26N2O5. The Hall–Kier alpha value is -3.87. The van der Waals surface area contributed by atoms with Crippen molar-refractivity contribution in [3.8, 4) is 17.2 Å². The lowest BCUT2D eigenvalue weighted by Crippen LogP contribution is -2.42. The highest BCUT2D eigenvalue weighted by atomic mass is 16.5. The molecule has 1 aliphatic heterocycles. The zero-order valence-corrected chi connectivity index (χ0v) is 17.1. The Morgan fingerprint density at radius 3 is 2.34 bits per heavy atom. The molecule has 2 heterocycles. The predicted molar refractivity (Wildman–Crippen MR) is 120 cm³/mol. The van der Waals surface area contributed by atoms with Crippen LogP contribution in [-0.2, 0) is 11.3 Å². The molecule has 0 aliphatic carbocycles. The first-order valence-corrected chi connectivity index (χ1v) is 9.96. The van der Waals surface area contributed by atoms with Crippen LogP contribution in [0.3, 0.4) is 0 Å². The largest absolute Gasteiger partial charge is 0.489 e. The molecule has 0 saturated carbocycles. The van der Waals surface area contributed by atoms with Crippen molar-refractivity contribution in [1.82, 2.24) is 9.88 Å². The normalized spacial score (nSPS) is 12.2. The van der Waals surface area contributed by atoms with Gasteiger partial charge in [-0.05, 0) is 36.2 Å². The van der Waals surface area contributed by atoms with E-state index in [0.29, 0.717) is 35.1 Å². The van der Waals surface area contributed by atoms with Gasteiger partial charge in [-0.1, -0.05) is 37.8 Å². The summed E-state index contributed by atoms with van der Waals surface area (Å²) in [4.78, 5) is 30.3. The molecule has 7 nitrogen and oxygen atoms in total. The highest BCUT2D eigenvalue weighted by Gasteiger charge is 2.22. The summed E-state index contributed by atoms with van der Waals surface area (Å²) in [5, 5.41) is 0. The number of hydrogen-bond acceptors (Lipinski definition) is 6. The number of carbonyl (C=O) groups is 2. The molecule has 0 N–H and O–H groups in total. The van der Waals surface area contributed by atoms with Crippen LogP contribution in [0.5, 0.6) is 17.2 Å². The number of nitrogens with zero attached hydrogens (tertiary/aromatic N) is 2. The van der Waals surface area contributed by atoms with Gasteiger partial charge in [0.2, 0.25) is 0 Å². The second-order valence-electron chi connectivity index (χ2n) is 7.09. The summed E-state index contributed by atoms with van der Waals surface area (Å²) in [6, 6.07) is 17.9. The minimum absolute atomic E-state index is 0. The van der Waals surface area contributed by atoms with Gasteiger partial charge in [-0.2, -0.15) is 0 Å². The van der Waals surface area contributed by atoms with Gasteiger partial charge in [0.05, 0.1) is 18.9 Å². The number of rotatable bonds is 7. The minimum atomic E-state index is -0.497. The van der Waals surface area contributed by atoms with Crippen molar-refractivity contribution in [2.45, 2.75) is 20.5 Å². The Morgan fingerprint density at radius 1 is 0.969 bits per heavy atom. The molecule has 7 heteroatoms. The number of esters is 1. The van der Waals surface area contributed by atoms with Gasteiger partial charge in [0, 0.05) is 19.2 Å². The number of benzene rings is 2. The van der Waals surface area contributed by atoms with Gasteiger partial charge in [-0.15, -0.1) is 0 Å². The maximum atomic E-state index is 12.2. The van der Waals surface area contributed by atoms with Gasteiger partial charge in [0.15, 0.2) is 0 Å². The zero-order chi connectivity index (χ0) is 21.6. The summed E-state index contributed by atoms with van der Waals surface area (Å²) >= 11 is 0. The van der Waals surface area contributed by atoms with Gasteiger partial charge in [-0.3, -0.25) is 4.79 Å². The van der Waals surface area contributed by atoms with Crippen molar-refractivity contribution >= 4 is 11.9 Å². The molecule has 2 aromatic carbocycles. The van der Waals surface area contributed by atoms with E-state index in [0.717, 1.165) is 25.1 Å². The lowest BCUT2D eigenvalue weighted by atomic mass is 10.2. The van der Waals surface area contributed by atoms with Crippen LogP contribution in [0.15, 0.2) is 66.9 Å². The third-order valence-corrected chi connectivity index (χ3v) is 4.88. The van der Waals surface area contributed by atoms with E-state index < -0.39 is 5.97 Å². The van der Waals surface area contributed by atoms with Crippen molar-refractivity contribution in [1.29, 1.82) is 0 Å². The van der Waals surface area contributed by atoms with E-state index in [2.05, 4.69) is 4.98 Å². The molecule has 0 unspecified atom stereocenters. The van der Waals surface area contributed by atoms with Gasteiger partial charge in [0.25, 0.3) is 5.91 Å². The molecule has 32 heavy (non-hydrogen) atoms. The summed E-state index contributed by atoms with van der Waals surface area (Å²) in [5.74, 6) is 0.732. The van der Waals surface area contributed by atoms with Crippen LogP contribution in [0.4, 0.5) is 0 Å². The fourth-order valence-corrected chi connectivity index (χ4v) is 3.08. The van der Waals surface area contributed by atoms with E-state index in [4.69, 9.17) is 14.2 Å². The number of amides is 1. The Bertz CT molecular complexity index is 1060. The lowest BCUT2D eigenvalue weighted by molar-refractivity contribution is 0.0598. The smallest absolute Gasteiger partial charge is 0.338 e. The number of likely N-dealkylation sites (tertiary alicyclic amines) is 1. The number of hydrogen-bond donors (Lipinski definition) is 0. The van der Waals surface area contributed by atoms with E-state index in [9.17, 15) is 9.59 Å². The molecule has 1 aromatic heterocycles. The summed E-state index contributed by atoms with van der Waals surface area (Å²) in [7, 11) is 1.32. The highest BCUT2D eigenvalue weighted by Crippen LogP contribution is 2.28. The minimum Gasteiger partial charge on any atom is -0.489 e. The van der Waals surface area contributed by atoms with Gasteiger partial charge < -0.3 is 19.1 Å². The van der Waals surface area contributed by atoms with Crippen LogP contribution in [-0.4, -0.2) is 42.0 Å². The Morgan fingerprint density at radius 2 is 1.72 bits per heavy atom. The van der Waals surface area contributed by atoms with Crippen LogP contribution in [0.2, 0.25) is 0 Å². The van der Waals surface area contributed by atoms with Crippen molar-refractivity contribution in [2.75, 3.05) is 20.2 Å². The topological polar surface area (TPSA) is 78.0 Å². The van der Waals surface area contributed by atoms with Gasteiger partial charge in [0.1, 0.15) is 29.5 Å². The number of aromatic nitrogens is 1. The van der Waals surface area contributed by atoms with Crippen LogP contribution >= 0.6 is 0 Å². The van der Waals surface area contributed by atoms with Crippen molar-refractivity contribution in [3.05, 3.63) is 83.7 Å². The van der Waals surface area contributed by atoms with Gasteiger partial charge >= 0.3 is 5.97 Å². The van der Waals surface area contributed by atoms with Crippen LogP contribution < -0.4 is 9.47 Å². The van der Waals surface area contributed by atoms with E-state index in [1.54, 1.807) is 35.2 Å². The van der Waals surface area contributed by atoms with E-state index in [-0.39, 0.29) is 13.3 Å². The van der Waals surface area contributed by atoms with Crippen molar-refractivity contribution in [2.24, 2.45) is 0 Å². The van der Waals surface area contributed by atoms with Crippen molar-refractivity contribution in [3.63, 3.8) is 0 Å². The number of pyridine rings is 1. The molecule has 1 saturated heterocycles. The Balaban J connectivity index is 0.00000289. The number of ether oxygens (including phenoxy) is 3. The average molecular weight is 434 g/mol. The summed E-state index contributed by atoms with van der Waals surface area (Å²) in [6.45, 7) is 1.88. The molecule has 1 fully saturated rings. The number of carbonyl (C=O) groups excluding carboxylic acids is 2. The summed E-state index contributed by atoms with van der Waals surface area (Å²) in [6.07, 6.45) is 2.51. The molecule has 0 bridgehead atoms. The second-order valence-corrected chi connectivity index (χ2v) is 7.09. The molecule has 4 rings (SSSR count). The molecule has 1 aliphatic rings. The molecule has 0 radical (unpaired) electrons. The zero-order valence-electron chi connectivity index (χ0n) is 17.1. The monoisotopic (exact) mass is 434 g/mol. The maximum Gasteiger partial charge on any atom is 0.338 e. The quantitative estimate of drug-likeness (QED) is 0.501. The molecule has 3 aromatic rings. The van der Waals surface area contributed by atoms with Crippen LogP contribution in [0, 0.1) is 0 Å². The average Bonchev–Trinajstić information content (AvgIpc) is 2.77. The molecule has 0 atom stereocenters. The second kappa shape index (κ2) is 10.4. The Labute approximate surface area is 187 Å². The van der Waals surface area contributed by atoms with Crippen molar-refractivity contribution < 1.29 is 23.8 Å². The van der Waals surface area contributed by atoms with Crippen LogP contribution in [0.25, 0.3) is 0 Å². The third-order valence-electron chi connectivity index (χ3n) is 4.88. The first kappa shape index (κ1) is 22.8. The third kappa shape index (κ3) is 5.43. The highest BCUT2D eigenvalue weighted by molar-refractivity contribution is 5.92. The Kier molecular flexibility index (Phi) is 7.44. The maximum absolute atomic E-state index is 12.2. The molecule has 0 spiro atoms. The van der Waals surface area contributed by atoms with Crippen LogP contribution in [0.1, 0.15) is 40.3 Å². The lowest BCUT2D eigenvalue weighted by Gasteiger charge is -2.30. The predicted octanol–water partition coefficient (Wildman–Crippen LogP) is 4.72. The standard InChI is InChI=1S/C24H22N2O5.CH4/c1-29-24(28)18-12-20(30-16-17-6-3-2-4-7-17)14-21(13-18)31-19-8-9-22(25-15-19)23(27)26-10-5-11-26;/h2-4,6-9,12-15H,5,10-11,16H2,1H3;1H4. The molecular weight excluding hydrogens is 408 g/mol. The fourth-order valence-electron chi connectivity index (χ4n) is 3.08. The molecule has 1 amide bonds. The number of methoxy groups -OCH3 is 1. The van der Waals surface area contributed by atoms with E-state index in [1.807, 2.05) is 30.3 Å². The summed E-state index contributed by atoms with van der Waals surface area (Å²) < 4.78 is 16.5. The van der Waals surface area contributed by atoms with Gasteiger partial charge in [-0.25, -0.2) is 9.78 Å².